The maximum absolute atomic E-state index is 10.8. The van der Waals surface area contributed by atoms with Crippen molar-refractivity contribution in [2.45, 2.75) is 55.6 Å². The molecule has 5 heterocycles. The van der Waals surface area contributed by atoms with Crippen molar-refractivity contribution in [2.75, 3.05) is 39.0 Å². The minimum Gasteiger partial charge on any atom is -0.388 e. The van der Waals surface area contributed by atoms with Gasteiger partial charge < -0.3 is 25.6 Å². The van der Waals surface area contributed by atoms with E-state index in [0.717, 1.165) is 32.5 Å². The zero-order chi connectivity index (χ0) is 20.2. The maximum Gasteiger partial charge on any atom is 0.151 e. The average Bonchev–Trinajstić information content (AvgIpc) is 3.38. The quantitative estimate of drug-likeness (QED) is 0.659. The third kappa shape index (κ3) is 3.12. The third-order valence-corrected chi connectivity index (χ3v) is 7.22. The first-order valence-corrected chi connectivity index (χ1v) is 10.5. The van der Waals surface area contributed by atoms with Gasteiger partial charge in [0.15, 0.2) is 5.82 Å². The van der Waals surface area contributed by atoms with E-state index < -0.39 is 24.4 Å². The van der Waals surface area contributed by atoms with Crippen molar-refractivity contribution in [1.82, 2.24) is 24.4 Å². The summed E-state index contributed by atoms with van der Waals surface area (Å²) in [5, 5.41) is 25.8. The summed E-state index contributed by atoms with van der Waals surface area (Å²) in [7, 11) is 2.18. The fourth-order valence-electron chi connectivity index (χ4n) is 5.43. The predicted octanol–water partition coefficient (Wildman–Crippen LogP) is 0.0334. The van der Waals surface area contributed by atoms with E-state index in [2.05, 4.69) is 26.9 Å². The van der Waals surface area contributed by atoms with Crippen molar-refractivity contribution in [3.05, 3.63) is 24.2 Å². The monoisotopic (exact) mass is 402 g/mol. The number of anilines is 1. The number of rotatable bonds is 3. The van der Waals surface area contributed by atoms with Crippen LogP contribution in [0.15, 0.2) is 18.5 Å². The van der Waals surface area contributed by atoms with Crippen LogP contribution in [0.3, 0.4) is 0 Å². The molecule has 0 aliphatic carbocycles. The van der Waals surface area contributed by atoms with Crippen molar-refractivity contribution >= 4 is 11.3 Å². The van der Waals surface area contributed by atoms with Gasteiger partial charge >= 0.3 is 0 Å². The number of aromatic nitrogens is 3. The third-order valence-electron chi connectivity index (χ3n) is 7.22. The summed E-state index contributed by atoms with van der Waals surface area (Å²) in [5.74, 6) is 0.372. The maximum atomic E-state index is 10.8. The van der Waals surface area contributed by atoms with Crippen LogP contribution in [0.1, 0.15) is 37.5 Å². The highest BCUT2D eigenvalue weighted by atomic mass is 16.5. The number of aliphatic hydroxyl groups is 2. The van der Waals surface area contributed by atoms with Crippen molar-refractivity contribution in [3.8, 4) is 0 Å². The van der Waals surface area contributed by atoms with E-state index in [4.69, 9.17) is 10.5 Å². The van der Waals surface area contributed by atoms with Crippen LogP contribution < -0.4 is 5.73 Å². The molecule has 3 aliphatic rings. The summed E-state index contributed by atoms with van der Waals surface area (Å²) in [6.45, 7) is 3.87. The number of nitrogen functional groups attached to an aromatic ring is 1. The molecule has 0 amide bonds. The Morgan fingerprint density at radius 3 is 2.76 bits per heavy atom. The van der Waals surface area contributed by atoms with E-state index in [9.17, 15) is 10.2 Å². The molecule has 4 atom stereocenters. The second-order valence-electron chi connectivity index (χ2n) is 8.85. The van der Waals surface area contributed by atoms with Gasteiger partial charge in [0.1, 0.15) is 30.2 Å². The lowest BCUT2D eigenvalue weighted by Crippen LogP contribution is -2.54. The van der Waals surface area contributed by atoms with Gasteiger partial charge in [-0.05, 0) is 64.5 Å². The van der Waals surface area contributed by atoms with Crippen molar-refractivity contribution < 1.29 is 14.9 Å². The van der Waals surface area contributed by atoms with Gasteiger partial charge in [0.25, 0.3) is 0 Å². The highest BCUT2D eigenvalue weighted by Gasteiger charge is 2.49. The van der Waals surface area contributed by atoms with E-state index in [1.807, 2.05) is 12.1 Å². The molecule has 0 unspecified atom stereocenters. The van der Waals surface area contributed by atoms with E-state index in [1.54, 1.807) is 4.52 Å². The molecule has 1 spiro atoms. The summed E-state index contributed by atoms with van der Waals surface area (Å²) in [6.07, 6.45) is 3.04. The van der Waals surface area contributed by atoms with Crippen LogP contribution in [-0.2, 0) is 4.74 Å². The lowest BCUT2D eigenvalue weighted by atomic mass is 9.85. The average molecular weight is 402 g/mol. The van der Waals surface area contributed by atoms with Crippen molar-refractivity contribution in [3.63, 3.8) is 0 Å². The van der Waals surface area contributed by atoms with Crippen LogP contribution in [0.25, 0.3) is 5.52 Å². The molecule has 2 aromatic heterocycles. The number of hydrogen-bond acceptors (Lipinski definition) is 8. The Kier molecular flexibility index (Phi) is 4.75. The van der Waals surface area contributed by atoms with Gasteiger partial charge in [-0.3, -0.25) is 4.90 Å². The number of likely N-dealkylation sites (tertiary alicyclic amines) is 2. The summed E-state index contributed by atoms with van der Waals surface area (Å²) in [6, 6.07) is 3.64. The standard InChI is InChI=1S/C20H30N6O3/c1-24-9-6-20(7-10-24)5-2-8-25(20)11-15-16(27)17(28)18(29-15)13-3-4-14-19(21)22-12-23-26(13)14/h3-4,12,15-18,27-28H,2,5-11H2,1H3,(H2,21,22,23)/t15-,16-,17-,18+/m1/s1. The molecule has 5 rings (SSSR count). The molecule has 3 aliphatic heterocycles. The Balaban J connectivity index is 1.35. The lowest BCUT2D eigenvalue weighted by Gasteiger charge is -2.45. The predicted molar refractivity (Wildman–Crippen MR) is 107 cm³/mol. The number of aliphatic hydroxyl groups excluding tert-OH is 2. The Morgan fingerprint density at radius 1 is 1.17 bits per heavy atom. The summed E-state index contributed by atoms with van der Waals surface area (Å²) in [5.41, 5.74) is 7.48. The van der Waals surface area contributed by atoms with Gasteiger partial charge in [-0.1, -0.05) is 0 Å². The van der Waals surface area contributed by atoms with Crippen LogP contribution in [0.4, 0.5) is 5.82 Å². The number of fused-ring (bicyclic) bond motifs is 1. The zero-order valence-electron chi connectivity index (χ0n) is 16.8. The van der Waals surface area contributed by atoms with Gasteiger partial charge in [-0.25, -0.2) is 9.50 Å². The Labute approximate surface area is 170 Å². The second-order valence-corrected chi connectivity index (χ2v) is 8.85. The number of hydrogen-bond donors (Lipinski definition) is 3. The van der Waals surface area contributed by atoms with E-state index in [0.29, 0.717) is 23.6 Å². The molecule has 2 aromatic rings. The minimum atomic E-state index is -1.01. The van der Waals surface area contributed by atoms with Gasteiger partial charge in [0.2, 0.25) is 0 Å². The summed E-state index contributed by atoms with van der Waals surface area (Å²) < 4.78 is 7.86. The highest BCUT2D eigenvalue weighted by molar-refractivity contribution is 5.65. The fraction of sp³-hybridized carbons (Fsp3) is 0.700. The van der Waals surface area contributed by atoms with Gasteiger partial charge in [0, 0.05) is 12.1 Å². The fourth-order valence-corrected chi connectivity index (χ4v) is 5.43. The summed E-state index contributed by atoms with van der Waals surface area (Å²) >= 11 is 0. The molecule has 158 valence electrons. The molecule has 0 aromatic carbocycles. The Morgan fingerprint density at radius 2 is 1.97 bits per heavy atom. The molecule has 0 radical (unpaired) electrons. The Hall–Kier alpha value is -1.78. The largest absolute Gasteiger partial charge is 0.388 e. The first kappa shape index (κ1) is 19.2. The smallest absolute Gasteiger partial charge is 0.151 e. The van der Waals surface area contributed by atoms with Crippen LogP contribution in [-0.4, -0.2) is 91.7 Å². The molecule has 29 heavy (non-hydrogen) atoms. The molecule has 3 fully saturated rings. The normalized spacial score (nSPS) is 33.2. The number of nitrogens with two attached hydrogens (primary N) is 1. The number of ether oxygens (including phenoxy) is 1. The van der Waals surface area contributed by atoms with E-state index >= 15 is 0 Å². The topological polar surface area (TPSA) is 112 Å². The number of piperidine rings is 1. The lowest BCUT2D eigenvalue weighted by molar-refractivity contribution is -0.0372. The SMILES string of the molecule is CN1CCC2(CCCN2C[C@H]2O[C@@H](c3ccc4c(N)ncnn34)[C@H](O)[C@@H]2O)CC1. The van der Waals surface area contributed by atoms with Crippen LogP contribution in [0.2, 0.25) is 0 Å². The minimum absolute atomic E-state index is 0.210. The summed E-state index contributed by atoms with van der Waals surface area (Å²) in [4.78, 5) is 8.88. The zero-order valence-corrected chi connectivity index (χ0v) is 16.8. The molecule has 3 saturated heterocycles. The van der Waals surface area contributed by atoms with Gasteiger partial charge in [0.05, 0.1) is 11.8 Å². The number of nitrogens with zero attached hydrogens (tertiary/aromatic N) is 5. The first-order valence-electron chi connectivity index (χ1n) is 10.5. The molecule has 0 saturated carbocycles. The molecular weight excluding hydrogens is 372 g/mol. The highest BCUT2D eigenvalue weighted by Crippen LogP contribution is 2.41. The molecule has 4 N–H and O–H groups in total. The van der Waals surface area contributed by atoms with Crippen LogP contribution >= 0.6 is 0 Å². The van der Waals surface area contributed by atoms with Crippen molar-refractivity contribution in [2.24, 2.45) is 0 Å². The molecular formula is C20H30N6O3. The molecule has 0 bridgehead atoms. The Bertz CT molecular complexity index is 880. The molecule has 9 nitrogen and oxygen atoms in total. The molecule has 9 heteroatoms. The van der Waals surface area contributed by atoms with Crippen LogP contribution in [0, 0.1) is 0 Å². The van der Waals surface area contributed by atoms with Crippen LogP contribution in [0.5, 0.6) is 0 Å². The van der Waals surface area contributed by atoms with E-state index in [1.165, 1.54) is 19.2 Å². The second kappa shape index (κ2) is 7.17. The van der Waals surface area contributed by atoms with Crippen molar-refractivity contribution in [1.29, 1.82) is 0 Å². The van der Waals surface area contributed by atoms with E-state index in [-0.39, 0.29) is 5.54 Å². The van der Waals surface area contributed by atoms with Gasteiger partial charge in [-0.2, -0.15) is 5.10 Å². The first-order chi connectivity index (χ1) is 14.0. The van der Waals surface area contributed by atoms with Gasteiger partial charge in [-0.15, -0.1) is 0 Å².